The molecule has 0 spiro atoms. The summed E-state index contributed by atoms with van der Waals surface area (Å²) >= 11 is 0. The Morgan fingerprint density at radius 1 is 1.17 bits per heavy atom. The standard InChI is InChI=1S/C21H26N4O4/c1-12-8-24(11-21(12,2)10-22)9-13-3-4-14-15(7-13)20(29)25(19(14)28)16-5-6-17(26)23-18(16)27/h3-4,7,12,16H,5-6,8-11,22H2,1-2H3,(H,23,26,27)/t12-,16?,21-/m1/s1. The molecule has 3 aliphatic rings. The average Bonchev–Trinajstić information content (AvgIpc) is 3.09. The van der Waals surface area contributed by atoms with Gasteiger partial charge < -0.3 is 5.73 Å². The minimum atomic E-state index is -0.937. The summed E-state index contributed by atoms with van der Waals surface area (Å²) in [4.78, 5) is 52.6. The Bertz CT molecular complexity index is 914. The van der Waals surface area contributed by atoms with Crippen LogP contribution >= 0.6 is 0 Å². The van der Waals surface area contributed by atoms with Crippen molar-refractivity contribution in [2.45, 2.75) is 39.3 Å². The summed E-state index contributed by atoms with van der Waals surface area (Å²) in [5.41, 5.74) is 7.62. The summed E-state index contributed by atoms with van der Waals surface area (Å²) in [5, 5.41) is 2.21. The van der Waals surface area contributed by atoms with Crippen LogP contribution in [0.4, 0.5) is 0 Å². The van der Waals surface area contributed by atoms with Gasteiger partial charge in [0.15, 0.2) is 0 Å². The number of hydrogen-bond donors (Lipinski definition) is 2. The smallest absolute Gasteiger partial charge is 0.262 e. The maximum absolute atomic E-state index is 12.9. The molecule has 8 nitrogen and oxygen atoms in total. The number of amides is 4. The zero-order valence-electron chi connectivity index (χ0n) is 16.7. The van der Waals surface area contributed by atoms with Crippen molar-refractivity contribution in [2.75, 3.05) is 19.6 Å². The molecule has 0 bridgehead atoms. The van der Waals surface area contributed by atoms with Crippen molar-refractivity contribution in [3.8, 4) is 0 Å². The van der Waals surface area contributed by atoms with E-state index in [1.807, 2.05) is 6.07 Å². The predicted molar refractivity (Wildman–Crippen MR) is 105 cm³/mol. The Kier molecular flexibility index (Phi) is 4.78. The lowest BCUT2D eigenvalue weighted by atomic mass is 9.81. The zero-order valence-corrected chi connectivity index (χ0v) is 16.7. The van der Waals surface area contributed by atoms with Gasteiger partial charge in [-0.2, -0.15) is 0 Å². The first-order valence-corrected chi connectivity index (χ1v) is 10.0. The van der Waals surface area contributed by atoms with Crippen LogP contribution in [0.15, 0.2) is 18.2 Å². The largest absolute Gasteiger partial charge is 0.330 e. The number of piperidine rings is 1. The fourth-order valence-corrected chi connectivity index (χ4v) is 4.60. The van der Waals surface area contributed by atoms with Gasteiger partial charge in [-0.1, -0.05) is 19.9 Å². The summed E-state index contributed by atoms with van der Waals surface area (Å²) in [6, 6.07) is 4.34. The monoisotopic (exact) mass is 398 g/mol. The van der Waals surface area contributed by atoms with Crippen LogP contribution in [-0.4, -0.2) is 59.1 Å². The lowest BCUT2D eigenvalue weighted by Gasteiger charge is -2.27. The second-order valence-electron chi connectivity index (χ2n) is 8.76. The molecule has 154 valence electrons. The second kappa shape index (κ2) is 7.03. The van der Waals surface area contributed by atoms with E-state index in [1.165, 1.54) is 0 Å². The van der Waals surface area contributed by atoms with Gasteiger partial charge in [0, 0.05) is 26.1 Å². The summed E-state index contributed by atoms with van der Waals surface area (Å²) in [5.74, 6) is -1.44. The van der Waals surface area contributed by atoms with Gasteiger partial charge in [-0.15, -0.1) is 0 Å². The average molecular weight is 398 g/mol. The van der Waals surface area contributed by atoms with Gasteiger partial charge in [0.1, 0.15) is 6.04 Å². The number of carbonyl (C=O) groups excluding carboxylic acids is 4. The van der Waals surface area contributed by atoms with Crippen LogP contribution in [0, 0.1) is 11.3 Å². The maximum Gasteiger partial charge on any atom is 0.262 e. The van der Waals surface area contributed by atoms with Crippen molar-refractivity contribution in [2.24, 2.45) is 17.1 Å². The van der Waals surface area contributed by atoms with Crippen LogP contribution < -0.4 is 11.1 Å². The molecule has 3 N–H and O–H groups in total. The Morgan fingerprint density at radius 3 is 2.55 bits per heavy atom. The number of benzene rings is 1. The molecule has 3 heterocycles. The Hall–Kier alpha value is -2.58. The molecule has 0 aromatic heterocycles. The van der Waals surface area contributed by atoms with Gasteiger partial charge in [0.2, 0.25) is 11.8 Å². The minimum absolute atomic E-state index is 0.0745. The number of fused-ring (bicyclic) bond motifs is 1. The van der Waals surface area contributed by atoms with Crippen LogP contribution in [0.5, 0.6) is 0 Å². The molecule has 8 heteroatoms. The molecule has 0 saturated carbocycles. The zero-order chi connectivity index (χ0) is 20.9. The summed E-state index contributed by atoms with van der Waals surface area (Å²) in [7, 11) is 0. The minimum Gasteiger partial charge on any atom is -0.330 e. The van der Waals surface area contributed by atoms with Crippen LogP contribution in [0.1, 0.15) is 53.0 Å². The van der Waals surface area contributed by atoms with Gasteiger partial charge in [-0.05, 0) is 42.0 Å². The SMILES string of the molecule is C[C@@H]1CN(Cc2ccc3c(c2)C(=O)N(C2CCC(=O)NC2=O)C3=O)C[C@@]1(C)CN. The summed E-state index contributed by atoms with van der Waals surface area (Å²) < 4.78 is 0. The fraction of sp³-hybridized carbons (Fsp3) is 0.524. The number of rotatable bonds is 4. The highest BCUT2D eigenvalue weighted by atomic mass is 16.2. The van der Waals surface area contributed by atoms with Crippen LogP contribution in [-0.2, 0) is 16.1 Å². The molecule has 1 unspecified atom stereocenters. The highest BCUT2D eigenvalue weighted by Gasteiger charge is 2.45. The maximum atomic E-state index is 12.9. The van der Waals surface area contributed by atoms with E-state index in [0.717, 1.165) is 23.6 Å². The van der Waals surface area contributed by atoms with E-state index in [1.54, 1.807) is 12.1 Å². The van der Waals surface area contributed by atoms with Gasteiger partial charge in [-0.25, -0.2) is 0 Å². The Balaban J connectivity index is 1.53. The first-order chi connectivity index (χ1) is 13.7. The highest BCUT2D eigenvalue weighted by Crippen LogP contribution is 2.35. The molecular formula is C21H26N4O4. The summed E-state index contributed by atoms with van der Waals surface area (Å²) in [6.45, 7) is 7.52. The van der Waals surface area contributed by atoms with E-state index in [-0.39, 0.29) is 24.2 Å². The first-order valence-electron chi connectivity index (χ1n) is 10.0. The molecule has 4 rings (SSSR count). The van der Waals surface area contributed by atoms with E-state index in [4.69, 9.17) is 5.73 Å². The molecule has 2 saturated heterocycles. The molecule has 0 radical (unpaired) electrons. The number of likely N-dealkylation sites (tertiary alicyclic amines) is 1. The Morgan fingerprint density at radius 2 is 1.90 bits per heavy atom. The van der Waals surface area contributed by atoms with Gasteiger partial charge in [0.25, 0.3) is 11.8 Å². The normalized spacial score (nSPS) is 30.1. The van der Waals surface area contributed by atoms with Gasteiger partial charge in [0.05, 0.1) is 11.1 Å². The van der Waals surface area contributed by atoms with Crippen molar-refractivity contribution in [1.29, 1.82) is 0 Å². The molecular weight excluding hydrogens is 372 g/mol. The lowest BCUT2D eigenvalue weighted by molar-refractivity contribution is -0.136. The van der Waals surface area contributed by atoms with Crippen LogP contribution in [0.3, 0.4) is 0 Å². The third kappa shape index (κ3) is 3.26. The van der Waals surface area contributed by atoms with E-state index in [0.29, 0.717) is 30.1 Å². The molecule has 1 aromatic carbocycles. The number of hydrogen-bond acceptors (Lipinski definition) is 6. The van der Waals surface area contributed by atoms with Crippen molar-refractivity contribution >= 4 is 23.6 Å². The van der Waals surface area contributed by atoms with E-state index >= 15 is 0 Å². The number of nitrogens with two attached hydrogens (primary N) is 1. The highest BCUT2D eigenvalue weighted by molar-refractivity contribution is 6.23. The predicted octanol–water partition coefficient (Wildman–Crippen LogP) is 0.505. The van der Waals surface area contributed by atoms with Crippen LogP contribution in [0.2, 0.25) is 0 Å². The molecule has 3 aliphatic heterocycles. The number of nitrogens with one attached hydrogen (secondary N) is 1. The van der Waals surface area contributed by atoms with Crippen molar-refractivity contribution < 1.29 is 19.2 Å². The van der Waals surface area contributed by atoms with Crippen molar-refractivity contribution in [1.82, 2.24) is 15.1 Å². The fourth-order valence-electron chi connectivity index (χ4n) is 4.60. The van der Waals surface area contributed by atoms with E-state index in [9.17, 15) is 19.2 Å². The molecule has 2 fully saturated rings. The first kappa shape index (κ1) is 19.7. The van der Waals surface area contributed by atoms with E-state index in [2.05, 4.69) is 24.1 Å². The van der Waals surface area contributed by atoms with Gasteiger partial charge in [-0.3, -0.25) is 34.3 Å². The molecule has 3 atom stereocenters. The van der Waals surface area contributed by atoms with Gasteiger partial charge >= 0.3 is 0 Å². The topological polar surface area (TPSA) is 113 Å². The van der Waals surface area contributed by atoms with E-state index < -0.39 is 23.8 Å². The Labute approximate surface area is 169 Å². The number of nitrogens with zero attached hydrogens (tertiary/aromatic N) is 2. The molecule has 4 amide bonds. The molecule has 29 heavy (non-hydrogen) atoms. The quantitative estimate of drug-likeness (QED) is 0.715. The third-order valence-electron chi connectivity index (χ3n) is 6.68. The van der Waals surface area contributed by atoms with Crippen molar-refractivity contribution in [3.63, 3.8) is 0 Å². The lowest BCUT2D eigenvalue weighted by Crippen LogP contribution is -2.54. The number of carbonyl (C=O) groups is 4. The third-order valence-corrected chi connectivity index (χ3v) is 6.68. The second-order valence-corrected chi connectivity index (χ2v) is 8.76. The summed E-state index contributed by atoms with van der Waals surface area (Å²) in [6.07, 6.45) is 0.272. The van der Waals surface area contributed by atoms with Crippen molar-refractivity contribution in [3.05, 3.63) is 34.9 Å². The van der Waals surface area contributed by atoms with Crippen LogP contribution in [0.25, 0.3) is 0 Å². The number of imide groups is 2. The molecule has 1 aromatic rings. The molecule has 0 aliphatic carbocycles.